The molecule has 13 heteroatoms. The summed E-state index contributed by atoms with van der Waals surface area (Å²) in [5, 5.41) is 23.1. The summed E-state index contributed by atoms with van der Waals surface area (Å²) in [6, 6.07) is 13.0. The van der Waals surface area contributed by atoms with Crippen molar-refractivity contribution in [3.8, 4) is 0 Å². The van der Waals surface area contributed by atoms with Crippen LogP contribution in [0.15, 0.2) is 60.9 Å². The minimum absolute atomic E-state index is 0.0933. The molecule has 2 aromatic carbocycles. The van der Waals surface area contributed by atoms with Gasteiger partial charge in [0.2, 0.25) is 5.91 Å². The SMILES string of the molecule is C=CP(=O)(Nc1ccc(NC(=O)CCCCC2SCC3NC(=O)NC32)cc1)OCc1ccccc1[N+](=O)[O-]. The fourth-order valence-electron chi connectivity index (χ4n) is 4.41. The Balaban J connectivity index is 1.21. The smallest absolute Gasteiger partial charge is 0.316 e. The zero-order valence-electron chi connectivity index (χ0n) is 20.6. The van der Waals surface area contributed by atoms with Crippen molar-refractivity contribution >= 4 is 48.3 Å². The summed E-state index contributed by atoms with van der Waals surface area (Å²) in [6.07, 6.45) is 2.99. The highest BCUT2D eigenvalue weighted by molar-refractivity contribution is 8.00. The standard InChI is InChI=1S/C25H30N5O6PS/c1-2-37(35,36-15-17-7-3-4-8-21(17)30(33)34)29-19-13-11-18(12-14-19)26-23(31)10-6-5-9-22-24-20(16-38-22)27-25(32)28-24/h2-4,7-8,11-14,20,22,24H,1,5-6,9-10,15-16H2,(H,26,31)(H,29,35)(H2,27,28,32). The Morgan fingerprint density at radius 3 is 2.66 bits per heavy atom. The van der Waals surface area contributed by atoms with Gasteiger partial charge in [-0.15, -0.1) is 0 Å². The quantitative estimate of drug-likeness (QED) is 0.0857. The number of nitro groups is 1. The van der Waals surface area contributed by atoms with Crippen LogP contribution in [0.25, 0.3) is 0 Å². The van der Waals surface area contributed by atoms with Crippen molar-refractivity contribution < 1.29 is 23.6 Å². The van der Waals surface area contributed by atoms with Gasteiger partial charge in [-0.1, -0.05) is 25.1 Å². The first-order chi connectivity index (χ1) is 18.3. The second-order valence-electron chi connectivity index (χ2n) is 9.04. The Labute approximate surface area is 224 Å². The third kappa shape index (κ3) is 7.15. The number of nitro benzene ring substituents is 1. The summed E-state index contributed by atoms with van der Waals surface area (Å²) in [7, 11) is -3.54. The van der Waals surface area contributed by atoms with Gasteiger partial charge in [-0.05, 0) is 43.2 Å². The van der Waals surface area contributed by atoms with E-state index >= 15 is 0 Å². The summed E-state index contributed by atoms with van der Waals surface area (Å²) >= 11 is 1.86. The van der Waals surface area contributed by atoms with Crippen LogP contribution in [0, 0.1) is 10.1 Å². The Bertz CT molecular complexity index is 1240. The lowest BCUT2D eigenvalue weighted by molar-refractivity contribution is -0.385. The van der Waals surface area contributed by atoms with Crippen LogP contribution < -0.4 is 21.0 Å². The van der Waals surface area contributed by atoms with Crippen molar-refractivity contribution in [3.63, 3.8) is 0 Å². The minimum atomic E-state index is -3.54. The summed E-state index contributed by atoms with van der Waals surface area (Å²) in [4.78, 5) is 34.5. The second kappa shape index (κ2) is 12.5. The number of benzene rings is 2. The van der Waals surface area contributed by atoms with Gasteiger partial charge in [-0.2, -0.15) is 11.8 Å². The van der Waals surface area contributed by atoms with Crippen LogP contribution in [0.3, 0.4) is 0 Å². The van der Waals surface area contributed by atoms with E-state index in [0.717, 1.165) is 30.8 Å². The first-order valence-electron chi connectivity index (χ1n) is 12.2. The second-order valence-corrected chi connectivity index (χ2v) is 12.4. The molecule has 4 unspecified atom stereocenters. The number of para-hydroxylation sites is 1. The van der Waals surface area contributed by atoms with Crippen molar-refractivity contribution in [1.29, 1.82) is 0 Å². The number of carbonyl (C=O) groups is 2. The lowest BCUT2D eigenvalue weighted by atomic mass is 10.0. The third-order valence-electron chi connectivity index (χ3n) is 6.37. The number of anilines is 2. The molecule has 2 aromatic rings. The molecule has 0 spiro atoms. The van der Waals surface area contributed by atoms with E-state index in [4.69, 9.17) is 4.52 Å². The van der Waals surface area contributed by atoms with Gasteiger partial charge in [0.05, 0.1) is 29.2 Å². The zero-order chi connectivity index (χ0) is 27.1. The number of carbonyl (C=O) groups excluding carboxylic acids is 2. The van der Waals surface area contributed by atoms with Crippen LogP contribution in [0.5, 0.6) is 0 Å². The molecular formula is C25H30N5O6PS. The highest BCUT2D eigenvalue weighted by Gasteiger charge is 2.42. The summed E-state index contributed by atoms with van der Waals surface area (Å²) < 4.78 is 18.6. The van der Waals surface area contributed by atoms with Gasteiger partial charge < -0.3 is 25.6 Å². The van der Waals surface area contributed by atoms with Gasteiger partial charge >= 0.3 is 13.6 Å². The molecule has 3 amide bonds. The first kappa shape index (κ1) is 27.7. The van der Waals surface area contributed by atoms with Crippen LogP contribution in [-0.2, 0) is 20.5 Å². The van der Waals surface area contributed by atoms with E-state index in [1.807, 2.05) is 11.8 Å². The molecule has 11 nitrogen and oxygen atoms in total. The predicted octanol–water partition coefficient (Wildman–Crippen LogP) is 5.22. The first-order valence-corrected chi connectivity index (χ1v) is 15.0. The summed E-state index contributed by atoms with van der Waals surface area (Å²) in [5.74, 6) is 1.98. The molecule has 4 rings (SSSR count). The number of thioether (sulfide) groups is 1. The number of fused-ring (bicyclic) bond motifs is 1. The Morgan fingerprint density at radius 2 is 1.92 bits per heavy atom. The van der Waals surface area contributed by atoms with E-state index in [0.29, 0.717) is 28.6 Å². The zero-order valence-corrected chi connectivity index (χ0v) is 22.3. The average molecular weight is 560 g/mol. The molecule has 0 radical (unpaired) electrons. The maximum absolute atomic E-state index is 13.1. The highest BCUT2D eigenvalue weighted by Crippen LogP contribution is 2.49. The fraction of sp³-hybridized carbons (Fsp3) is 0.360. The van der Waals surface area contributed by atoms with Crippen molar-refractivity contribution in [3.05, 3.63) is 76.6 Å². The van der Waals surface area contributed by atoms with Crippen LogP contribution in [0.2, 0.25) is 0 Å². The number of urea groups is 1. The van der Waals surface area contributed by atoms with E-state index in [9.17, 15) is 24.3 Å². The van der Waals surface area contributed by atoms with Crippen molar-refractivity contribution in [2.24, 2.45) is 0 Å². The number of amides is 3. The molecule has 38 heavy (non-hydrogen) atoms. The average Bonchev–Trinajstić information content (AvgIpc) is 3.46. The number of hydrogen-bond donors (Lipinski definition) is 4. The van der Waals surface area contributed by atoms with Crippen molar-refractivity contribution in [1.82, 2.24) is 10.6 Å². The van der Waals surface area contributed by atoms with Crippen LogP contribution in [-0.4, -0.2) is 39.9 Å². The summed E-state index contributed by atoms with van der Waals surface area (Å²) in [5.41, 5.74) is 1.26. The molecule has 0 aromatic heterocycles. The van der Waals surface area contributed by atoms with E-state index in [-0.39, 0.29) is 36.3 Å². The van der Waals surface area contributed by atoms with Gasteiger partial charge in [0.1, 0.15) is 0 Å². The number of hydrogen-bond acceptors (Lipinski definition) is 7. The van der Waals surface area contributed by atoms with Gasteiger partial charge in [0, 0.05) is 40.7 Å². The maximum atomic E-state index is 13.1. The van der Waals surface area contributed by atoms with Gasteiger partial charge in [0.25, 0.3) is 5.69 Å². The number of nitrogens with one attached hydrogen (secondary N) is 4. The summed E-state index contributed by atoms with van der Waals surface area (Å²) in [6.45, 7) is 3.34. The maximum Gasteiger partial charge on any atom is 0.316 e. The van der Waals surface area contributed by atoms with E-state index in [1.165, 1.54) is 6.07 Å². The molecule has 2 aliphatic heterocycles. The number of unbranched alkanes of at least 4 members (excludes halogenated alkanes) is 1. The van der Waals surface area contributed by atoms with Gasteiger partial charge in [0.15, 0.2) is 0 Å². The van der Waals surface area contributed by atoms with Gasteiger partial charge in [-0.3, -0.25) is 19.5 Å². The van der Waals surface area contributed by atoms with E-state index in [2.05, 4.69) is 27.6 Å². The molecule has 2 fully saturated rings. The van der Waals surface area contributed by atoms with Crippen LogP contribution in [0.4, 0.5) is 21.9 Å². The van der Waals surface area contributed by atoms with Crippen molar-refractivity contribution in [2.75, 3.05) is 16.2 Å². The normalized spacial score (nSPS) is 21.5. The molecule has 2 heterocycles. The van der Waals surface area contributed by atoms with Crippen LogP contribution >= 0.6 is 19.3 Å². The monoisotopic (exact) mass is 559 g/mol. The molecule has 0 saturated carbocycles. The number of rotatable bonds is 13. The molecule has 202 valence electrons. The Kier molecular flexibility index (Phi) is 9.09. The molecule has 4 N–H and O–H groups in total. The topological polar surface area (TPSA) is 152 Å². The Hall–Kier alpha value is -3.34. The number of nitrogens with zero attached hydrogens (tertiary/aromatic N) is 1. The fourth-order valence-corrected chi connectivity index (χ4v) is 7.06. The largest absolute Gasteiger partial charge is 0.332 e. The van der Waals surface area contributed by atoms with E-state index in [1.54, 1.807) is 42.5 Å². The lowest BCUT2D eigenvalue weighted by Crippen LogP contribution is -2.36. The lowest BCUT2D eigenvalue weighted by Gasteiger charge is -2.17. The van der Waals surface area contributed by atoms with Crippen molar-refractivity contribution in [2.45, 2.75) is 49.6 Å². The molecular weight excluding hydrogens is 529 g/mol. The predicted molar refractivity (Wildman–Crippen MR) is 148 cm³/mol. The molecule has 4 atom stereocenters. The van der Waals surface area contributed by atoms with Crippen LogP contribution in [0.1, 0.15) is 31.2 Å². The molecule has 0 aliphatic carbocycles. The molecule has 2 aliphatic rings. The van der Waals surface area contributed by atoms with E-state index < -0.39 is 12.4 Å². The Morgan fingerprint density at radius 1 is 1.18 bits per heavy atom. The molecule has 0 bridgehead atoms. The minimum Gasteiger partial charge on any atom is -0.332 e. The molecule has 2 saturated heterocycles. The third-order valence-corrected chi connectivity index (χ3v) is 9.45. The highest BCUT2D eigenvalue weighted by atomic mass is 32.2. The van der Waals surface area contributed by atoms with Gasteiger partial charge in [-0.25, -0.2) is 4.79 Å².